The number of sulfonamides is 1. The summed E-state index contributed by atoms with van der Waals surface area (Å²) in [6.45, 7) is 4.70. The molecule has 5 nitrogen and oxygen atoms in total. The molecule has 0 heterocycles. The number of rotatable bonds is 8. The summed E-state index contributed by atoms with van der Waals surface area (Å²) in [4.78, 5) is 12.1. The first kappa shape index (κ1) is 20.5. The summed E-state index contributed by atoms with van der Waals surface area (Å²) >= 11 is 0. The fourth-order valence-electron chi connectivity index (χ4n) is 3.15. The lowest BCUT2D eigenvalue weighted by Gasteiger charge is -2.23. The van der Waals surface area contributed by atoms with E-state index in [0.717, 1.165) is 30.4 Å². The Hall–Kier alpha value is -1.82. The Kier molecular flexibility index (Phi) is 7.26. The molecule has 1 amide bonds. The van der Waals surface area contributed by atoms with Gasteiger partial charge in [-0.1, -0.05) is 17.7 Å². The number of hydrogen-bond acceptors (Lipinski definition) is 3. The van der Waals surface area contributed by atoms with Crippen molar-refractivity contribution in [2.45, 2.75) is 52.4 Å². The Morgan fingerprint density at radius 3 is 2.58 bits per heavy atom. The molecule has 1 aromatic carbocycles. The molecule has 0 aromatic heterocycles. The van der Waals surface area contributed by atoms with E-state index in [9.17, 15) is 13.2 Å². The predicted octanol–water partition coefficient (Wildman–Crippen LogP) is 3.47. The van der Waals surface area contributed by atoms with Gasteiger partial charge in [0.1, 0.15) is 0 Å². The molecular formula is C20H30N2O3S. The summed E-state index contributed by atoms with van der Waals surface area (Å²) in [5.74, 6) is -0.112. The zero-order valence-electron chi connectivity index (χ0n) is 16.0. The number of aryl methyl sites for hydroxylation is 2. The van der Waals surface area contributed by atoms with Crippen LogP contribution in [0, 0.1) is 13.8 Å². The van der Waals surface area contributed by atoms with Gasteiger partial charge in [0.05, 0.1) is 11.9 Å². The van der Waals surface area contributed by atoms with Crippen LogP contribution in [-0.2, 0) is 14.8 Å². The summed E-state index contributed by atoms with van der Waals surface area (Å²) < 4.78 is 25.6. The lowest BCUT2D eigenvalue weighted by Crippen LogP contribution is -2.35. The molecule has 1 aliphatic carbocycles. The highest BCUT2D eigenvalue weighted by atomic mass is 32.2. The maximum absolute atomic E-state index is 12.1. The van der Waals surface area contributed by atoms with Crippen molar-refractivity contribution in [3.05, 3.63) is 41.0 Å². The van der Waals surface area contributed by atoms with Crippen LogP contribution in [0.25, 0.3) is 0 Å². The molecule has 6 heteroatoms. The highest BCUT2D eigenvalue weighted by Crippen LogP contribution is 2.22. The highest BCUT2D eigenvalue weighted by Gasteiger charge is 2.19. The van der Waals surface area contributed by atoms with Crippen LogP contribution >= 0.6 is 0 Å². The minimum Gasteiger partial charge on any atom is -0.356 e. The van der Waals surface area contributed by atoms with Crippen LogP contribution in [-0.4, -0.2) is 33.7 Å². The molecule has 1 aromatic rings. The largest absolute Gasteiger partial charge is 0.356 e. The second-order valence-corrected chi connectivity index (χ2v) is 8.97. The number of hydrogen-bond donors (Lipinski definition) is 1. The van der Waals surface area contributed by atoms with Crippen molar-refractivity contribution in [1.29, 1.82) is 0 Å². The SMILES string of the molecule is Cc1ccc(N(CCC(=O)NCCC2=CCCCC2)S(C)(=O)=O)cc1C. The van der Waals surface area contributed by atoms with Gasteiger partial charge in [-0.05, 0) is 69.2 Å². The number of allylic oxidation sites excluding steroid dienone is 1. The van der Waals surface area contributed by atoms with Gasteiger partial charge < -0.3 is 5.32 Å². The molecule has 26 heavy (non-hydrogen) atoms. The van der Waals surface area contributed by atoms with E-state index >= 15 is 0 Å². The van der Waals surface area contributed by atoms with Gasteiger partial charge in [0.15, 0.2) is 0 Å². The van der Waals surface area contributed by atoms with E-state index in [1.165, 1.54) is 29.0 Å². The zero-order valence-corrected chi connectivity index (χ0v) is 16.9. The third-order valence-corrected chi connectivity index (χ3v) is 6.07. The van der Waals surface area contributed by atoms with E-state index in [-0.39, 0.29) is 18.9 Å². The zero-order chi connectivity index (χ0) is 19.2. The van der Waals surface area contributed by atoms with Crippen molar-refractivity contribution >= 4 is 21.6 Å². The van der Waals surface area contributed by atoms with Gasteiger partial charge in [-0.3, -0.25) is 9.10 Å². The summed E-state index contributed by atoms with van der Waals surface area (Å²) in [6, 6.07) is 5.54. The fourth-order valence-corrected chi connectivity index (χ4v) is 4.07. The Morgan fingerprint density at radius 1 is 1.19 bits per heavy atom. The molecule has 144 valence electrons. The normalized spacial score (nSPS) is 14.7. The van der Waals surface area contributed by atoms with Crippen LogP contribution < -0.4 is 9.62 Å². The smallest absolute Gasteiger partial charge is 0.232 e. The lowest BCUT2D eigenvalue weighted by molar-refractivity contribution is -0.120. The van der Waals surface area contributed by atoms with E-state index in [0.29, 0.717) is 12.2 Å². The van der Waals surface area contributed by atoms with Crippen LogP contribution in [0.4, 0.5) is 5.69 Å². The Bertz CT molecular complexity index is 769. The van der Waals surface area contributed by atoms with Crippen LogP contribution in [0.1, 0.15) is 49.7 Å². The molecule has 0 atom stereocenters. The standard InChI is InChI=1S/C20H30N2O3S/c1-16-9-10-19(15-17(16)2)22(26(3,24)25)14-12-20(23)21-13-11-18-7-5-4-6-8-18/h7,9-10,15H,4-6,8,11-14H2,1-3H3,(H,21,23). The number of carbonyl (C=O) groups excluding carboxylic acids is 1. The second kappa shape index (κ2) is 9.21. The van der Waals surface area contributed by atoms with Gasteiger partial charge >= 0.3 is 0 Å². The van der Waals surface area contributed by atoms with Crippen molar-refractivity contribution < 1.29 is 13.2 Å². The molecule has 0 radical (unpaired) electrons. The molecule has 1 aliphatic rings. The average Bonchev–Trinajstić information content (AvgIpc) is 2.58. The van der Waals surface area contributed by atoms with Gasteiger partial charge in [0, 0.05) is 19.5 Å². The fraction of sp³-hybridized carbons (Fsp3) is 0.550. The average molecular weight is 379 g/mol. The molecule has 0 saturated carbocycles. The Balaban J connectivity index is 1.89. The highest BCUT2D eigenvalue weighted by molar-refractivity contribution is 7.92. The van der Waals surface area contributed by atoms with Crippen LogP contribution in [0.2, 0.25) is 0 Å². The molecule has 0 saturated heterocycles. The van der Waals surface area contributed by atoms with Crippen LogP contribution in [0.5, 0.6) is 0 Å². The van der Waals surface area contributed by atoms with Gasteiger partial charge in [-0.2, -0.15) is 0 Å². The summed E-state index contributed by atoms with van der Waals surface area (Å²) in [5.41, 5.74) is 4.17. The minimum absolute atomic E-state index is 0.112. The van der Waals surface area contributed by atoms with Crippen molar-refractivity contribution in [3.63, 3.8) is 0 Å². The van der Waals surface area contributed by atoms with Gasteiger partial charge in [0.25, 0.3) is 0 Å². The first-order valence-electron chi connectivity index (χ1n) is 9.27. The first-order chi connectivity index (χ1) is 12.3. The maximum Gasteiger partial charge on any atom is 0.232 e. The first-order valence-corrected chi connectivity index (χ1v) is 11.1. The number of carbonyl (C=O) groups is 1. The molecule has 0 spiro atoms. The molecule has 0 fully saturated rings. The summed E-state index contributed by atoms with van der Waals surface area (Å²) in [6.07, 6.45) is 9.26. The van der Waals surface area contributed by atoms with Crippen molar-refractivity contribution in [3.8, 4) is 0 Å². The Morgan fingerprint density at radius 2 is 1.96 bits per heavy atom. The van der Waals surface area contributed by atoms with Crippen molar-refractivity contribution in [2.24, 2.45) is 0 Å². The van der Waals surface area contributed by atoms with E-state index in [1.54, 1.807) is 6.07 Å². The molecule has 1 N–H and O–H groups in total. The third-order valence-electron chi connectivity index (χ3n) is 4.87. The number of nitrogens with zero attached hydrogens (tertiary/aromatic N) is 1. The van der Waals surface area contributed by atoms with E-state index in [2.05, 4.69) is 11.4 Å². The van der Waals surface area contributed by atoms with Gasteiger partial charge in [0.2, 0.25) is 15.9 Å². The monoisotopic (exact) mass is 378 g/mol. The topological polar surface area (TPSA) is 66.5 Å². The number of nitrogens with one attached hydrogen (secondary N) is 1. The van der Waals surface area contributed by atoms with E-state index < -0.39 is 10.0 Å². The molecule has 0 unspecified atom stereocenters. The lowest BCUT2D eigenvalue weighted by atomic mass is 9.97. The summed E-state index contributed by atoms with van der Waals surface area (Å²) in [5, 5.41) is 2.91. The molecule has 2 rings (SSSR count). The number of benzene rings is 1. The van der Waals surface area contributed by atoms with E-state index in [4.69, 9.17) is 0 Å². The van der Waals surface area contributed by atoms with Gasteiger partial charge in [-0.15, -0.1) is 0 Å². The minimum atomic E-state index is -3.44. The quantitative estimate of drug-likeness (QED) is 0.705. The summed E-state index contributed by atoms with van der Waals surface area (Å²) in [7, 11) is -3.44. The second-order valence-electron chi connectivity index (χ2n) is 7.06. The van der Waals surface area contributed by atoms with Crippen molar-refractivity contribution in [2.75, 3.05) is 23.7 Å². The third kappa shape index (κ3) is 6.16. The van der Waals surface area contributed by atoms with E-state index in [1.807, 2.05) is 26.0 Å². The van der Waals surface area contributed by atoms with Crippen LogP contribution in [0.3, 0.4) is 0 Å². The molecular weight excluding hydrogens is 348 g/mol. The molecule has 0 aliphatic heterocycles. The Labute approximate surface area is 157 Å². The van der Waals surface area contributed by atoms with Crippen LogP contribution in [0.15, 0.2) is 29.8 Å². The number of amides is 1. The molecule has 0 bridgehead atoms. The maximum atomic E-state index is 12.1. The number of anilines is 1. The van der Waals surface area contributed by atoms with Crippen molar-refractivity contribution in [1.82, 2.24) is 5.32 Å². The van der Waals surface area contributed by atoms with Gasteiger partial charge in [-0.25, -0.2) is 8.42 Å². The predicted molar refractivity (Wildman–Crippen MR) is 107 cm³/mol.